The van der Waals surface area contributed by atoms with Crippen LogP contribution in [0.15, 0.2) is 46.0 Å². The maximum atomic E-state index is 12.7. The highest BCUT2D eigenvalue weighted by atomic mass is 79.9. The zero-order valence-electron chi connectivity index (χ0n) is 17.3. The van der Waals surface area contributed by atoms with Crippen molar-refractivity contribution in [3.63, 3.8) is 0 Å². The Kier molecular flexibility index (Phi) is 6.47. The number of amides is 2. The molecule has 1 heterocycles. The summed E-state index contributed by atoms with van der Waals surface area (Å²) in [5, 5.41) is 9.14. The molecule has 2 aromatic carbocycles. The Balaban J connectivity index is 2.28. The normalized spacial score (nSPS) is 16.0. The second-order valence-electron chi connectivity index (χ2n) is 7.24. The van der Waals surface area contributed by atoms with Gasteiger partial charge in [0.1, 0.15) is 0 Å². The monoisotopic (exact) mass is 459 g/mol. The lowest BCUT2D eigenvalue weighted by Gasteiger charge is -2.29. The third-order valence-electron chi connectivity index (χ3n) is 5.12. The number of halogens is 1. The van der Waals surface area contributed by atoms with Gasteiger partial charge < -0.3 is 14.8 Å². The first kappa shape index (κ1) is 21.2. The van der Waals surface area contributed by atoms with Crippen molar-refractivity contribution in [2.45, 2.75) is 26.3 Å². The minimum atomic E-state index is -0.231. The summed E-state index contributed by atoms with van der Waals surface area (Å²) in [5.74, 6) is 1.50. The van der Waals surface area contributed by atoms with E-state index in [4.69, 9.17) is 14.6 Å². The molecular weight excluding hydrogens is 434 g/mol. The number of benzene rings is 2. The van der Waals surface area contributed by atoms with Gasteiger partial charge in [-0.15, -0.1) is 0 Å². The number of urea groups is 1. The Morgan fingerprint density at radius 1 is 1.17 bits per heavy atom. The molecule has 0 aliphatic carbocycles. The van der Waals surface area contributed by atoms with Gasteiger partial charge in [-0.2, -0.15) is 5.10 Å². The Bertz CT molecular complexity index is 926. The lowest BCUT2D eigenvalue weighted by Crippen LogP contribution is -2.45. The van der Waals surface area contributed by atoms with E-state index in [0.717, 1.165) is 26.9 Å². The number of ether oxygens (including phenoxy) is 2. The lowest BCUT2D eigenvalue weighted by atomic mass is 9.90. The molecule has 1 aliphatic heterocycles. The van der Waals surface area contributed by atoms with Crippen LogP contribution in [0.5, 0.6) is 11.5 Å². The molecule has 0 bridgehead atoms. The zero-order chi connectivity index (χ0) is 21.1. The van der Waals surface area contributed by atoms with E-state index in [1.54, 1.807) is 26.3 Å². The van der Waals surface area contributed by atoms with Gasteiger partial charge in [-0.3, -0.25) is 0 Å². The number of carbonyl (C=O) groups is 1. The van der Waals surface area contributed by atoms with Gasteiger partial charge in [0.05, 0.1) is 26.0 Å². The van der Waals surface area contributed by atoms with E-state index >= 15 is 0 Å². The molecule has 0 saturated carbocycles. The van der Waals surface area contributed by atoms with E-state index in [-0.39, 0.29) is 18.0 Å². The highest BCUT2D eigenvalue weighted by Crippen LogP contribution is 2.35. The van der Waals surface area contributed by atoms with Crippen LogP contribution in [-0.4, -0.2) is 44.1 Å². The third kappa shape index (κ3) is 4.24. The van der Waals surface area contributed by atoms with E-state index in [1.807, 2.05) is 36.4 Å². The molecule has 29 heavy (non-hydrogen) atoms. The number of hydrogen-bond acceptors (Lipinski definition) is 4. The predicted octanol–water partition coefficient (Wildman–Crippen LogP) is 4.44. The molecule has 2 aromatic rings. The summed E-state index contributed by atoms with van der Waals surface area (Å²) in [6.45, 7) is 4.20. The zero-order valence-corrected chi connectivity index (χ0v) is 18.9. The van der Waals surface area contributed by atoms with Crippen LogP contribution in [0, 0.1) is 5.92 Å². The number of rotatable bonds is 4. The number of fused-ring (bicyclic) bond motifs is 1. The number of nitrogens with zero attached hydrogens (tertiary/aromatic N) is 2. The van der Waals surface area contributed by atoms with Crippen molar-refractivity contribution in [3.05, 3.63) is 57.6 Å². The van der Waals surface area contributed by atoms with Crippen molar-refractivity contribution in [1.29, 1.82) is 0 Å². The van der Waals surface area contributed by atoms with Crippen LogP contribution >= 0.6 is 15.9 Å². The smallest absolute Gasteiger partial charge is 0.337 e. The first-order valence-electron chi connectivity index (χ1n) is 9.50. The quantitative estimate of drug-likeness (QED) is 0.734. The summed E-state index contributed by atoms with van der Waals surface area (Å²) in [7, 11) is 4.87. The van der Waals surface area contributed by atoms with Crippen molar-refractivity contribution in [1.82, 2.24) is 10.3 Å². The largest absolute Gasteiger partial charge is 0.493 e. The molecule has 2 amide bonds. The first-order valence-corrected chi connectivity index (χ1v) is 10.3. The van der Waals surface area contributed by atoms with E-state index in [1.165, 1.54) is 0 Å². The lowest BCUT2D eigenvalue weighted by molar-refractivity contribution is 0.160. The fraction of sp³-hybridized carbons (Fsp3) is 0.364. The molecular formula is C22H26BrN3O3. The molecule has 1 N–H and O–H groups in total. The number of carbonyl (C=O) groups excluding carboxylic acids is 1. The molecule has 1 aliphatic rings. The molecule has 0 aromatic heterocycles. The SMILES string of the molecule is CNC(=O)N1N=C(c2ccc(Br)cc2)c2cc(OC)c(OC)cc2CC1C(C)C. The summed E-state index contributed by atoms with van der Waals surface area (Å²) in [5.41, 5.74) is 3.64. The van der Waals surface area contributed by atoms with Gasteiger partial charge >= 0.3 is 6.03 Å². The van der Waals surface area contributed by atoms with Crippen LogP contribution in [0.2, 0.25) is 0 Å². The van der Waals surface area contributed by atoms with Crippen LogP contribution in [0.1, 0.15) is 30.5 Å². The first-order chi connectivity index (χ1) is 13.9. The fourth-order valence-electron chi connectivity index (χ4n) is 3.51. The standard InChI is InChI=1S/C22H26BrN3O3/c1-13(2)18-10-15-11-19(28-4)20(29-5)12-17(15)21(25-26(18)22(27)24-3)14-6-8-16(23)9-7-14/h6-9,11-13,18H,10H2,1-5H3,(H,24,27). The summed E-state index contributed by atoms with van der Waals surface area (Å²) in [6.07, 6.45) is 0.657. The van der Waals surface area contributed by atoms with Crippen molar-refractivity contribution in [2.24, 2.45) is 11.0 Å². The van der Waals surface area contributed by atoms with Crippen LogP contribution in [0.4, 0.5) is 4.79 Å². The molecule has 0 saturated heterocycles. The molecule has 154 valence electrons. The van der Waals surface area contributed by atoms with Crippen LogP contribution in [0.25, 0.3) is 0 Å². The fourth-order valence-corrected chi connectivity index (χ4v) is 3.77. The molecule has 1 atom stereocenters. The highest BCUT2D eigenvalue weighted by molar-refractivity contribution is 9.10. The average Bonchev–Trinajstić information content (AvgIpc) is 2.89. The number of methoxy groups -OCH3 is 2. The number of nitrogens with one attached hydrogen (secondary N) is 1. The molecule has 0 fully saturated rings. The third-order valence-corrected chi connectivity index (χ3v) is 5.65. The summed E-state index contributed by atoms with van der Waals surface area (Å²) >= 11 is 3.48. The van der Waals surface area contributed by atoms with Crippen molar-refractivity contribution >= 4 is 27.7 Å². The Hall–Kier alpha value is -2.54. The number of hydrazone groups is 1. The molecule has 1 unspecified atom stereocenters. The highest BCUT2D eigenvalue weighted by Gasteiger charge is 2.32. The van der Waals surface area contributed by atoms with Crippen molar-refractivity contribution in [3.8, 4) is 11.5 Å². The second-order valence-corrected chi connectivity index (χ2v) is 8.15. The number of hydrogen-bond donors (Lipinski definition) is 1. The van der Waals surface area contributed by atoms with Gasteiger partial charge in [0, 0.05) is 22.6 Å². The maximum Gasteiger partial charge on any atom is 0.337 e. The van der Waals surface area contributed by atoms with E-state index in [2.05, 4.69) is 35.1 Å². The van der Waals surface area contributed by atoms with E-state index < -0.39 is 0 Å². The second kappa shape index (κ2) is 8.86. The molecule has 6 nitrogen and oxygen atoms in total. The topological polar surface area (TPSA) is 63.2 Å². The summed E-state index contributed by atoms with van der Waals surface area (Å²) < 4.78 is 12.0. The van der Waals surface area contributed by atoms with Gasteiger partial charge in [0.25, 0.3) is 0 Å². The summed E-state index contributed by atoms with van der Waals surface area (Å²) in [6, 6.07) is 11.5. The van der Waals surface area contributed by atoms with Crippen molar-refractivity contribution in [2.75, 3.05) is 21.3 Å². The van der Waals surface area contributed by atoms with Gasteiger partial charge in [-0.05, 0) is 42.2 Å². The van der Waals surface area contributed by atoms with Crippen LogP contribution in [-0.2, 0) is 6.42 Å². The average molecular weight is 460 g/mol. The van der Waals surface area contributed by atoms with E-state index in [9.17, 15) is 4.79 Å². The van der Waals surface area contributed by atoms with Gasteiger partial charge in [-0.1, -0.05) is 41.9 Å². The minimum absolute atomic E-state index is 0.0975. The Morgan fingerprint density at radius 3 is 2.34 bits per heavy atom. The van der Waals surface area contributed by atoms with Crippen molar-refractivity contribution < 1.29 is 14.3 Å². The molecule has 0 spiro atoms. The van der Waals surface area contributed by atoms with Gasteiger partial charge in [0.2, 0.25) is 0 Å². The maximum absolute atomic E-state index is 12.7. The Morgan fingerprint density at radius 2 is 1.79 bits per heavy atom. The van der Waals surface area contributed by atoms with Crippen LogP contribution in [0.3, 0.4) is 0 Å². The predicted molar refractivity (Wildman–Crippen MR) is 118 cm³/mol. The summed E-state index contributed by atoms with van der Waals surface area (Å²) in [4.78, 5) is 12.7. The molecule has 3 rings (SSSR count). The molecule has 0 radical (unpaired) electrons. The minimum Gasteiger partial charge on any atom is -0.493 e. The van der Waals surface area contributed by atoms with Gasteiger partial charge in [0.15, 0.2) is 11.5 Å². The van der Waals surface area contributed by atoms with E-state index in [0.29, 0.717) is 17.9 Å². The Labute approximate surface area is 180 Å². The van der Waals surface area contributed by atoms with Crippen LogP contribution < -0.4 is 14.8 Å². The van der Waals surface area contributed by atoms with Gasteiger partial charge in [-0.25, -0.2) is 9.80 Å². The molecule has 7 heteroatoms.